The topological polar surface area (TPSA) is 95.2 Å². The number of rotatable bonds is 6. The Bertz CT molecular complexity index is 1140. The van der Waals surface area contributed by atoms with Gasteiger partial charge in [0.25, 0.3) is 5.91 Å². The van der Waals surface area contributed by atoms with Crippen molar-refractivity contribution in [1.29, 1.82) is 0 Å². The molecule has 1 aromatic heterocycles. The fourth-order valence-corrected chi connectivity index (χ4v) is 3.78. The van der Waals surface area contributed by atoms with Crippen LogP contribution in [-0.2, 0) is 0 Å². The number of hydrogen-bond acceptors (Lipinski definition) is 7. The number of nitrogens with one attached hydrogen (secondary N) is 1. The van der Waals surface area contributed by atoms with E-state index in [4.69, 9.17) is 9.15 Å². The van der Waals surface area contributed by atoms with Gasteiger partial charge >= 0.3 is 5.63 Å². The second-order valence-electron chi connectivity index (χ2n) is 7.43. The third-order valence-electron chi connectivity index (χ3n) is 5.48. The minimum atomic E-state index is -0.721. The van der Waals surface area contributed by atoms with Crippen LogP contribution in [0.4, 0.5) is 5.69 Å². The summed E-state index contributed by atoms with van der Waals surface area (Å²) in [7, 11) is 1.68. The van der Waals surface area contributed by atoms with E-state index in [1.807, 2.05) is 18.2 Å². The molecule has 0 saturated carbocycles. The van der Waals surface area contributed by atoms with Crippen molar-refractivity contribution in [3.63, 3.8) is 0 Å². The number of piperazine rings is 1. The molecule has 31 heavy (non-hydrogen) atoms. The minimum absolute atomic E-state index is 0.00124. The van der Waals surface area contributed by atoms with Crippen LogP contribution in [0.1, 0.15) is 10.4 Å². The van der Waals surface area contributed by atoms with Crippen LogP contribution < -0.4 is 20.6 Å². The molecule has 0 bridgehead atoms. The van der Waals surface area contributed by atoms with Crippen LogP contribution in [-0.4, -0.2) is 62.3 Å². The second kappa shape index (κ2) is 9.09. The molecule has 0 spiro atoms. The Hall–Kier alpha value is -3.52. The van der Waals surface area contributed by atoms with Crippen LogP contribution in [0.3, 0.4) is 0 Å². The van der Waals surface area contributed by atoms with Crippen molar-refractivity contribution < 1.29 is 19.1 Å². The summed E-state index contributed by atoms with van der Waals surface area (Å²) in [6.07, 6.45) is 0. The van der Waals surface area contributed by atoms with Crippen molar-refractivity contribution in [2.24, 2.45) is 0 Å². The molecule has 2 aromatic carbocycles. The lowest BCUT2D eigenvalue weighted by Gasteiger charge is -2.36. The summed E-state index contributed by atoms with van der Waals surface area (Å²) in [4.78, 5) is 29.2. The number of nitrogens with zero attached hydrogens (tertiary/aromatic N) is 2. The van der Waals surface area contributed by atoms with Gasteiger partial charge in [-0.3, -0.25) is 9.69 Å². The molecule has 1 aliphatic rings. The SMILES string of the molecule is COc1ccccc1N1CCN(CCNC(=O)c2cc3ccc(O)cc3oc2=O)CC1. The van der Waals surface area contributed by atoms with E-state index in [0.717, 1.165) is 37.6 Å². The van der Waals surface area contributed by atoms with Gasteiger partial charge in [-0.1, -0.05) is 12.1 Å². The standard InChI is InChI=1S/C23H25N3O5/c1-30-20-5-3-2-4-19(20)26-12-10-25(11-13-26)9-8-24-22(28)18-14-16-6-7-17(27)15-21(16)31-23(18)29/h2-7,14-15,27H,8-13H2,1H3,(H,24,28). The minimum Gasteiger partial charge on any atom is -0.508 e. The molecule has 1 amide bonds. The van der Waals surface area contributed by atoms with E-state index in [0.29, 0.717) is 18.5 Å². The van der Waals surface area contributed by atoms with Crippen molar-refractivity contribution in [3.8, 4) is 11.5 Å². The third kappa shape index (κ3) is 4.64. The zero-order valence-electron chi connectivity index (χ0n) is 17.3. The lowest BCUT2D eigenvalue weighted by molar-refractivity contribution is 0.0944. The van der Waals surface area contributed by atoms with E-state index >= 15 is 0 Å². The van der Waals surface area contributed by atoms with Crippen molar-refractivity contribution >= 4 is 22.6 Å². The number of ether oxygens (including phenoxy) is 1. The number of phenols is 1. The normalized spacial score (nSPS) is 14.5. The number of fused-ring (bicyclic) bond motifs is 1. The van der Waals surface area contributed by atoms with Crippen LogP contribution in [0, 0.1) is 0 Å². The van der Waals surface area contributed by atoms with Gasteiger partial charge in [0.2, 0.25) is 0 Å². The highest BCUT2D eigenvalue weighted by molar-refractivity contribution is 5.96. The lowest BCUT2D eigenvalue weighted by Crippen LogP contribution is -2.48. The van der Waals surface area contributed by atoms with Crippen LogP contribution in [0.5, 0.6) is 11.5 Å². The van der Waals surface area contributed by atoms with Gasteiger partial charge in [-0.05, 0) is 30.3 Å². The zero-order valence-corrected chi connectivity index (χ0v) is 17.3. The summed E-state index contributed by atoms with van der Waals surface area (Å²) in [5.74, 6) is 0.405. The van der Waals surface area contributed by atoms with E-state index < -0.39 is 11.5 Å². The molecular formula is C23H25N3O5. The Labute approximate surface area is 179 Å². The van der Waals surface area contributed by atoms with Crippen LogP contribution in [0.2, 0.25) is 0 Å². The molecule has 0 aliphatic carbocycles. The molecule has 0 atom stereocenters. The summed E-state index contributed by atoms with van der Waals surface area (Å²) in [5.41, 5.74) is 0.573. The summed E-state index contributed by atoms with van der Waals surface area (Å²) >= 11 is 0. The molecule has 2 heterocycles. The van der Waals surface area contributed by atoms with Gasteiger partial charge in [0.15, 0.2) is 0 Å². The van der Waals surface area contributed by atoms with Gasteiger partial charge in [0.1, 0.15) is 22.6 Å². The van der Waals surface area contributed by atoms with Gasteiger partial charge in [-0.2, -0.15) is 0 Å². The number of carbonyl (C=O) groups excluding carboxylic acids is 1. The number of aromatic hydroxyl groups is 1. The van der Waals surface area contributed by atoms with Gasteiger partial charge in [-0.15, -0.1) is 0 Å². The molecular weight excluding hydrogens is 398 g/mol. The molecule has 1 aliphatic heterocycles. The highest BCUT2D eigenvalue weighted by Crippen LogP contribution is 2.28. The van der Waals surface area contributed by atoms with Crippen LogP contribution in [0.25, 0.3) is 11.0 Å². The van der Waals surface area contributed by atoms with Gasteiger partial charge in [-0.25, -0.2) is 4.79 Å². The fraction of sp³-hybridized carbons (Fsp3) is 0.304. The maximum Gasteiger partial charge on any atom is 0.349 e. The number of carbonyl (C=O) groups is 1. The molecule has 3 aromatic rings. The molecule has 4 rings (SSSR count). The number of benzene rings is 2. The van der Waals surface area contributed by atoms with Gasteiger partial charge < -0.3 is 24.5 Å². The van der Waals surface area contributed by atoms with Gasteiger partial charge in [0.05, 0.1) is 12.8 Å². The van der Waals surface area contributed by atoms with E-state index in [9.17, 15) is 14.7 Å². The highest BCUT2D eigenvalue weighted by Gasteiger charge is 2.20. The molecule has 8 nitrogen and oxygen atoms in total. The summed E-state index contributed by atoms with van der Waals surface area (Å²) < 4.78 is 10.6. The maximum atomic E-state index is 12.5. The van der Waals surface area contributed by atoms with Crippen LogP contribution >= 0.6 is 0 Å². The highest BCUT2D eigenvalue weighted by atomic mass is 16.5. The van der Waals surface area contributed by atoms with Crippen molar-refractivity contribution in [1.82, 2.24) is 10.2 Å². The van der Waals surface area contributed by atoms with Crippen molar-refractivity contribution in [3.05, 3.63) is 64.5 Å². The third-order valence-corrected chi connectivity index (χ3v) is 5.48. The second-order valence-corrected chi connectivity index (χ2v) is 7.43. The van der Waals surface area contributed by atoms with Crippen molar-refractivity contribution in [2.75, 3.05) is 51.3 Å². The summed E-state index contributed by atoms with van der Waals surface area (Å²) in [6, 6.07) is 13.9. The zero-order chi connectivity index (χ0) is 21.8. The average Bonchev–Trinajstić information content (AvgIpc) is 2.79. The number of methoxy groups -OCH3 is 1. The Balaban J connectivity index is 1.30. The number of phenolic OH excluding ortho intramolecular Hbond substituents is 1. The van der Waals surface area contributed by atoms with Gasteiger partial charge in [0, 0.05) is 50.7 Å². The van der Waals surface area contributed by atoms with Crippen LogP contribution in [0.15, 0.2) is 57.7 Å². The molecule has 1 saturated heterocycles. The molecule has 1 fully saturated rings. The first-order valence-corrected chi connectivity index (χ1v) is 10.2. The monoisotopic (exact) mass is 423 g/mol. The fourth-order valence-electron chi connectivity index (χ4n) is 3.78. The average molecular weight is 423 g/mol. The number of hydrogen-bond donors (Lipinski definition) is 2. The molecule has 0 unspecified atom stereocenters. The first kappa shape index (κ1) is 20.7. The molecule has 2 N–H and O–H groups in total. The summed E-state index contributed by atoms with van der Waals surface area (Å²) in [5, 5.41) is 12.9. The van der Waals surface area contributed by atoms with E-state index in [-0.39, 0.29) is 16.9 Å². The van der Waals surface area contributed by atoms with Crippen molar-refractivity contribution in [2.45, 2.75) is 0 Å². The molecule has 0 radical (unpaired) electrons. The number of para-hydroxylation sites is 2. The molecule has 8 heteroatoms. The predicted molar refractivity (Wildman–Crippen MR) is 118 cm³/mol. The Kier molecular flexibility index (Phi) is 6.08. The maximum absolute atomic E-state index is 12.5. The lowest BCUT2D eigenvalue weighted by atomic mass is 10.1. The quantitative estimate of drug-likeness (QED) is 0.586. The molecule has 162 valence electrons. The largest absolute Gasteiger partial charge is 0.508 e. The van der Waals surface area contributed by atoms with E-state index in [2.05, 4.69) is 21.2 Å². The number of amides is 1. The summed E-state index contributed by atoms with van der Waals surface area (Å²) in [6.45, 7) is 4.61. The predicted octanol–water partition coefficient (Wildman–Crippen LogP) is 2.06. The van der Waals surface area contributed by atoms with E-state index in [1.165, 1.54) is 18.2 Å². The Morgan fingerprint density at radius 1 is 1.13 bits per heavy atom. The van der Waals surface area contributed by atoms with E-state index in [1.54, 1.807) is 13.2 Å². The first-order chi connectivity index (χ1) is 15.0. The Morgan fingerprint density at radius 2 is 1.90 bits per heavy atom. The number of anilines is 1. The Morgan fingerprint density at radius 3 is 2.68 bits per heavy atom. The smallest absolute Gasteiger partial charge is 0.349 e. The first-order valence-electron chi connectivity index (χ1n) is 10.2.